The number of aromatic hydroxyl groups is 1. The first-order chi connectivity index (χ1) is 9.99. The third-order valence-corrected chi connectivity index (χ3v) is 2.98. The van der Waals surface area contributed by atoms with Gasteiger partial charge in [0.05, 0.1) is 11.3 Å². The molecule has 4 nitrogen and oxygen atoms in total. The molecule has 3 N–H and O–H groups in total. The van der Waals surface area contributed by atoms with Gasteiger partial charge in [-0.25, -0.2) is 13.6 Å². The maximum atomic E-state index is 13.7. The van der Waals surface area contributed by atoms with Gasteiger partial charge in [0, 0.05) is 6.54 Å². The number of nitrogens with one attached hydrogen (secondary N) is 1. The lowest BCUT2D eigenvalue weighted by Gasteiger charge is -2.09. The van der Waals surface area contributed by atoms with E-state index in [2.05, 4.69) is 5.32 Å². The molecule has 0 radical (unpaired) electrons. The summed E-state index contributed by atoms with van der Waals surface area (Å²) in [7, 11) is 0. The first-order valence-electron chi connectivity index (χ1n) is 6.22. The molecule has 6 heteroatoms. The molecule has 0 unspecified atom stereocenters. The van der Waals surface area contributed by atoms with E-state index in [-0.39, 0.29) is 11.4 Å². The Kier molecular flexibility index (Phi) is 4.37. The molecule has 0 aliphatic heterocycles. The van der Waals surface area contributed by atoms with Gasteiger partial charge in [0.1, 0.15) is 5.75 Å². The molecule has 2 aromatic carbocycles. The van der Waals surface area contributed by atoms with Crippen LogP contribution in [0.5, 0.6) is 5.75 Å². The summed E-state index contributed by atoms with van der Waals surface area (Å²) in [5.74, 6) is -3.94. The van der Waals surface area contributed by atoms with E-state index in [9.17, 15) is 13.6 Å². The zero-order valence-corrected chi connectivity index (χ0v) is 10.9. The number of anilines is 1. The summed E-state index contributed by atoms with van der Waals surface area (Å²) in [6.07, 6.45) is 0.544. The number of phenolic OH excluding ortho intramolecular Hbond substituents is 1. The second-order valence-corrected chi connectivity index (χ2v) is 4.44. The van der Waals surface area contributed by atoms with Gasteiger partial charge in [0.2, 0.25) is 0 Å². The molecule has 0 saturated carbocycles. The van der Waals surface area contributed by atoms with Crippen molar-refractivity contribution in [2.45, 2.75) is 6.42 Å². The minimum atomic E-state index is -1.51. The van der Waals surface area contributed by atoms with Crippen molar-refractivity contribution in [1.29, 1.82) is 0 Å². The number of hydrogen-bond donors (Lipinski definition) is 3. The molecule has 2 aromatic rings. The van der Waals surface area contributed by atoms with Crippen molar-refractivity contribution in [3.05, 3.63) is 59.2 Å². The van der Waals surface area contributed by atoms with E-state index in [1.165, 1.54) is 18.2 Å². The molecule has 0 aliphatic rings. The van der Waals surface area contributed by atoms with Crippen LogP contribution in [0.15, 0.2) is 36.4 Å². The number of hydrogen-bond acceptors (Lipinski definition) is 3. The molecule has 0 atom stereocenters. The predicted octanol–water partition coefficient (Wildman–Crippen LogP) is 3.02. The fourth-order valence-electron chi connectivity index (χ4n) is 1.86. The van der Waals surface area contributed by atoms with Gasteiger partial charge >= 0.3 is 5.97 Å². The number of rotatable bonds is 5. The number of carboxylic acid groups (broad SMARTS) is 1. The first kappa shape index (κ1) is 14.8. The van der Waals surface area contributed by atoms with Gasteiger partial charge in [-0.2, -0.15) is 0 Å². The topological polar surface area (TPSA) is 69.6 Å². The fourth-order valence-corrected chi connectivity index (χ4v) is 1.86. The Balaban J connectivity index is 2.02. The molecule has 0 bridgehead atoms. The van der Waals surface area contributed by atoms with Crippen molar-refractivity contribution >= 4 is 11.7 Å². The van der Waals surface area contributed by atoms with E-state index in [1.807, 2.05) is 0 Å². The molecule has 0 saturated heterocycles. The van der Waals surface area contributed by atoms with Crippen molar-refractivity contribution in [2.75, 3.05) is 11.9 Å². The standard InChI is InChI=1S/C15H13F2NO3/c16-13-11(15(20)21)5-6-12(14(13)17)18-8-7-9-1-3-10(19)4-2-9/h1-6,18-19H,7-8H2,(H,20,21). The van der Waals surface area contributed by atoms with Crippen LogP contribution in [0.2, 0.25) is 0 Å². The molecule has 0 spiro atoms. The molecule has 0 heterocycles. The number of aromatic carboxylic acids is 1. The molecular formula is C15H13F2NO3. The second-order valence-electron chi connectivity index (χ2n) is 4.44. The summed E-state index contributed by atoms with van der Waals surface area (Å²) < 4.78 is 27.2. The van der Waals surface area contributed by atoms with Gasteiger partial charge in [-0.1, -0.05) is 12.1 Å². The summed E-state index contributed by atoms with van der Waals surface area (Å²) in [5, 5.41) is 20.5. The highest BCUT2D eigenvalue weighted by atomic mass is 19.2. The largest absolute Gasteiger partial charge is 0.508 e. The van der Waals surface area contributed by atoms with Gasteiger partial charge in [-0.15, -0.1) is 0 Å². The quantitative estimate of drug-likeness (QED) is 0.792. The highest BCUT2D eigenvalue weighted by Crippen LogP contribution is 2.21. The molecule has 2 rings (SSSR count). The van der Waals surface area contributed by atoms with Crippen LogP contribution in [0.1, 0.15) is 15.9 Å². The Labute approximate surface area is 119 Å². The zero-order chi connectivity index (χ0) is 15.4. The van der Waals surface area contributed by atoms with Crippen LogP contribution in [-0.4, -0.2) is 22.7 Å². The molecular weight excluding hydrogens is 280 g/mol. The van der Waals surface area contributed by atoms with E-state index >= 15 is 0 Å². The number of halogens is 2. The normalized spacial score (nSPS) is 10.4. The van der Waals surface area contributed by atoms with E-state index in [4.69, 9.17) is 10.2 Å². The molecule has 21 heavy (non-hydrogen) atoms. The molecule has 110 valence electrons. The van der Waals surface area contributed by atoms with Gasteiger partial charge in [-0.05, 0) is 36.2 Å². The summed E-state index contributed by atoms with van der Waals surface area (Å²) in [6.45, 7) is 0.341. The molecule has 0 fully saturated rings. The van der Waals surface area contributed by atoms with Gasteiger partial charge in [-0.3, -0.25) is 0 Å². The molecule has 0 aromatic heterocycles. The lowest BCUT2D eigenvalue weighted by molar-refractivity contribution is 0.0690. The minimum Gasteiger partial charge on any atom is -0.508 e. The van der Waals surface area contributed by atoms with Crippen LogP contribution >= 0.6 is 0 Å². The van der Waals surface area contributed by atoms with Gasteiger partial charge in [0.25, 0.3) is 0 Å². The lowest BCUT2D eigenvalue weighted by Crippen LogP contribution is -2.10. The highest BCUT2D eigenvalue weighted by Gasteiger charge is 2.17. The van der Waals surface area contributed by atoms with Crippen LogP contribution < -0.4 is 5.32 Å². The van der Waals surface area contributed by atoms with Crippen LogP contribution in [0, 0.1) is 11.6 Å². The van der Waals surface area contributed by atoms with Crippen molar-refractivity contribution in [3.63, 3.8) is 0 Å². The monoisotopic (exact) mass is 293 g/mol. The number of carboxylic acids is 1. The summed E-state index contributed by atoms with van der Waals surface area (Å²) >= 11 is 0. The second kappa shape index (κ2) is 6.21. The maximum Gasteiger partial charge on any atom is 0.338 e. The van der Waals surface area contributed by atoms with E-state index < -0.39 is 23.2 Å². The summed E-state index contributed by atoms with van der Waals surface area (Å²) in [5.41, 5.74) is 0.135. The number of phenols is 1. The van der Waals surface area contributed by atoms with Crippen LogP contribution in [0.4, 0.5) is 14.5 Å². The maximum absolute atomic E-state index is 13.7. The van der Waals surface area contributed by atoms with Gasteiger partial charge in [0.15, 0.2) is 11.6 Å². The van der Waals surface area contributed by atoms with Crippen molar-refractivity contribution in [2.24, 2.45) is 0 Å². The van der Waals surface area contributed by atoms with E-state index in [0.29, 0.717) is 13.0 Å². The zero-order valence-electron chi connectivity index (χ0n) is 10.9. The Morgan fingerprint density at radius 3 is 2.33 bits per heavy atom. The lowest BCUT2D eigenvalue weighted by atomic mass is 10.1. The van der Waals surface area contributed by atoms with Crippen molar-refractivity contribution in [1.82, 2.24) is 0 Å². The molecule has 0 aliphatic carbocycles. The van der Waals surface area contributed by atoms with E-state index in [0.717, 1.165) is 11.6 Å². The first-order valence-corrected chi connectivity index (χ1v) is 6.22. The third kappa shape index (κ3) is 3.47. The van der Waals surface area contributed by atoms with Gasteiger partial charge < -0.3 is 15.5 Å². The van der Waals surface area contributed by atoms with Crippen molar-refractivity contribution < 1.29 is 23.8 Å². The van der Waals surface area contributed by atoms with Crippen LogP contribution in [-0.2, 0) is 6.42 Å². The minimum absolute atomic E-state index is 0.0868. The summed E-state index contributed by atoms with van der Waals surface area (Å²) in [4.78, 5) is 10.7. The number of carbonyl (C=O) groups is 1. The summed E-state index contributed by atoms with van der Waals surface area (Å²) in [6, 6.07) is 8.74. The number of benzene rings is 2. The van der Waals surface area contributed by atoms with Crippen molar-refractivity contribution in [3.8, 4) is 5.75 Å². The third-order valence-electron chi connectivity index (χ3n) is 2.98. The fraction of sp³-hybridized carbons (Fsp3) is 0.133. The SMILES string of the molecule is O=C(O)c1ccc(NCCc2ccc(O)cc2)c(F)c1F. The Bertz CT molecular complexity index is 657. The average Bonchev–Trinajstić information content (AvgIpc) is 2.45. The average molecular weight is 293 g/mol. The molecule has 0 amide bonds. The highest BCUT2D eigenvalue weighted by molar-refractivity contribution is 5.88. The predicted molar refractivity (Wildman–Crippen MR) is 73.6 cm³/mol. The van der Waals surface area contributed by atoms with E-state index in [1.54, 1.807) is 12.1 Å². The Hall–Kier alpha value is -2.63. The smallest absolute Gasteiger partial charge is 0.338 e. The Morgan fingerprint density at radius 1 is 1.05 bits per heavy atom. The Morgan fingerprint density at radius 2 is 1.71 bits per heavy atom. The van der Waals surface area contributed by atoms with Crippen LogP contribution in [0.25, 0.3) is 0 Å². The van der Waals surface area contributed by atoms with Crippen LogP contribution in [0.3, 0.4) is 0 Å².